The molecule has 0 bridgehead atoms. The zero-order chi connectivity index (χ0) is 29.0. The van der Waals surface area contributed by atoms with Gasteiger partial charge in [0.05, 0.1) is 6.61 Å². The lowest BCUT2D eigenvalue weighted by Crippen LogP contribution is -2.62. The molecule has 0 radical (unpaired) electrons. The second-order valence-electron chi connectivity index (χ2n) is 6.94. The number of halogens is 10. The Kier molecular flexibility index (Phi) is 10.8. The van der Waals surface area contributed by atoms with Crippen molar-refractivity contribution in [1.29, 1.82) is 0 Å². The standard InChI is InChI=1S/C17H21F10NO7S/c1-4-28(5-2)12(30)14(16(23,24)25,35-11(29)10(3)15(20,21)22)34-9-7-6-8-13(18,19)17(26,27)36(31,32)33/h3-9H2,1-2H3,(H,31,32,33)/p-1. The first-order chi connectivity index (χ1) is 15.9. The van der Waals surface area contributed by atoms with Crippen LogP contribution in [0.1, 0.15) is 33.1 Å². The molecule has 0 saturated heterocycles. The molecule has 212 valence electrons. The van der Waals surface area contributed by atoms with Crippen LogP contribution in [0, 0.1) is 0 Å². The Morgan fingerprint density at radius 2 is 1.39 bits per heavy atom. The van der Waals surface area contributed by atoms with Gasteiger partial charge in [0, 0.05) is 19.5 Å². The SMILES string of the molecule is C=C(C(=O)OC(OCCCCC(F)(F)C(F)(F)S(=O)(=O)[O-])(C(=O)N(CC)CC)C(F)(F)F)C(F)(F)F. The molecule has 0 aromatic heterocycles. The van der Waals surface area contributed by atoms with Crippen molar-refractivity contribution in [2.24, 2.45) is 0 Å². The zero-order valence-corrected chi connectivity index (χ0v) is 19.3. The van der Waals surface area contributed by atoms with E-state index < -0.39 is 95.8 Å². The van der Waals surface area contributed by atoms with Crippen molar-refractivity contribution in [3.8, 4) is 0 Å². The maximum atomic E-state index is 13.9. The van der Waals surface area contributed by atoms with Crippen molar-refractivity contribution in [3.63, 3.8) is 0 Å². The number of ether oxygens (including phenoxy) is 2. The lowest BCUT2D eigenvalue weighted by Gasteiger charge is -2.36. The van der Waals surface area contributed by atoms with E-state index in [1.807, 2.05) is 0 Å². The maximum Gasteiger partial charge on any atom is 0.466 e. The third kappa shape index (κ3) is 7.44. The first-order valence-corrected chi connectivity index (χ1v) is 11.0. The van der Waals surface area contributed by atoms with Crippen LogP contribution in [-0.2, 0) is 29.2 Å². The molecule has 0 aromatic carbocycles. The van der Waals surface area contributed by atoms with Crippen LogP contribution >= 0.6 is 0 Å². The number of alkyl halides is 10. The second kappa shape index (κ2) is 11.5. The number of carbonyl (C=O) groups excluding carboxylic acids is 2. The van der Waals surface area contributed by atoms with Gasteiger partial charge < -0.3 is 18.9 Å². The second-order valence-corrected chi connectivity index (χ2v) is 8.36. The minimum absolute atomic E-state index is 0.352. The van der Waals surface area contributed by atoms with E-state index in [2.05, 4.69) is 16.1 Å². The number of carbonyl (C=O) groups is 2. The smallest absolute Gasteiger partial charge is 0.466 e. The van der Waals surface area contributed by atoms with Crippen molar-refractivity contribution in [3.05, 3.63) is 12.2 Å². The van der Waals surface area contributed by atoms with E-state index >= 15 is 0 Å². The first-order valence-electron chi connectivity index (χ1n) is 9.63. The molecule has 0 aliphatic rings. The predicted molar refractivity (Wildman–Crippen MR) is 97.4 cm³/mol. The lowest BCUT2D eigenvalue weighted by molar-refractivity contribution is -0.351. The summed E-state index contributed by atoms with van der Waals surface area (Å²) in [4.78, 5) is 24.6. The molecule has 1 amide bonds. The maximum absolute atomic E-state index is 13.9. The quantitative estimate of drug-likeness (QED) is 0.0826. The van der Waals surface area contributed by atoms with Gasteiger partial charge in [0.15, 0.2) is 10.1 Å². The molecule has 19 heteroatoms. The number of nitrogens with zero attached hydrogens (tertiary/aromatic N) is 1. The summed E-state index contributed by atoms with van der Waals surface area (Å²) < 4.78 is 172. The molecule has 0 fully saturated rings. The van der Waals surface area contributed by atoms with Crippen LogP contribution in [0.4, 0.5) is 43.9 Å². The summed E-state index contributed by atoms with van der Waals surface area (Å²) in [6, 6.07) is 0. The molecular weight excluding hydrogens is 552 g/mol. The normalized spacial score (nSPS) is 15.2. The highest BCUT2D eigenvalue weighted by molar-refractivity contribution is 7.86. The van der Waals surface area contributed by atoms with Crippen LogP contribution in [0.15, 0.2) is 12.2 Å². The van der Waals surface area contributed by atoms with E-state index in [1.165, 1.54) is 0 Å². The van der Waals surface area contributed by atoms with Crippen molar-refractivity contribution in [1.82, 2.24) is 4.90 Å². The van der Waals surface area contributed by atoms with Gasteiger partial charge in [-0.05, 0) is 26.7 Å². The van der Waals surface area contributed by atoms with Crippen LogP contribution in [0.5, 0.6) is 0 Å². The predicted octanol–water partition coefficient (Wildman–Crippen LogP) is 3.74. The summed E-state index contributed by atoms with van der Waals surface area (Å²) in [5.41, 5.74) is -2.45. The first kappa shape index (κ1) is 33.8. The number of hydrogen-bond acceptors (Lipinski definition) is 7. The van der Waals surface area contributed by atoms with Gasteiger partial charge in [-0.15, -0.1) is 0 Å². The van der Waals surface area contributed by atoms with Crippen molar-refractivity contribution in [2.75, 3.05) is 19.7 Å². The van der Waals surface area contributed by atoms with Crippen LogP contribution < -0.4 is 0 Å². The summed E-state index contributed by atoms with van der Waals surface area (Å²) in [6.45, 7) is 2.07. The highest BCUT2D eigenvalue weighted by Gasteiger charge is 2.68. The number of unbranched alkanes of at least 4 members (excludes halogenated alkanes) is 1. The van der Waals surface area contributed by atoms with Crippen molar-refractivity contribution < 1.29 is 75.9 Å². The van der Waals surface area contributed by atoms with E-state index in [1.54, 1.807) is 0 Å². The molecule has 0 rings (SSSR count). The Morgan fingerprint density at radius 3 is 1.75 bits per heavy atom. The van der Waals surface area contributed by atoms with Crippen molar-refractivity contribution >= 4 is 22.0 Å². The summed E-state index contributed by atoms with van der Waals surface area (Å²) >= 11 is 0. The fourth-order valence-corrected chi connectivity index (χ4v) is 2.88. The molecule has 0 aliphatic carbocycles. The Bertz CT molecular complexity index is 914. The molecule has 8 nitrogen and oxygen atoms in total. The van der Waals surface area contributed by atoms with E-state index in [0.29, 0.717) is 4.90 Å². The molecule has 0 aromatic rings. The summed E-state index contributed by atoms with van der Waals surface area (Å²) in [5.74, 6) is -15.1. The molecule has 0 N–H and O–H groups in total. The van der Waals surface area contributed by atoms with Crippen molar-refractivity contribution in [2.45, 2.75) is 62.4 Å². The number of hydrogen-bond donors (Lipinski definition) is 0. The summed E-state index contributed by atoms with van der Waals surface area (Å²) in [7, 11) is -6.83. The highest BCUT2D eigenvalue weighted by atomic mass is 32.2. The number of rotatable bonds is 13. The van der Waals surface area contributed by atoms with Gasteiger partial charge in [0.25, 0.3) is 0 Å². The Balaban J connectivity index is 5.96. The molecule has 36 heavy (non-hydrogen) atoms. The topological polar surface area (TPSA) is 113 Å². The highest BCUT2D eigenvalue weighted by Crippen LogP contribution is 2.42. The third-order valence-electron chi connectivity index (χ3n) is 4.46. The van der Waals surface area contributed by atoms with E-state index in [-0.39, 0.29) is 0 Å². The molecule has 1 atom stereocenters. The lowest BCUT2D eigenvalue weighted by atomic mass is 10.1. The zero-order valence-electron chi connectivity index (χ0n) is 18.4. The largest absolute Gasteiger partial charge is 0.743 e. The van der Waals surface area contributed by atoms with Gasteiger partial charge in [-0.3, -0.25) is 4.79 Å². The van der Waals surface area contributed by atoms with Gasteiger partial charge in [-0.1, -0.05) is 6.58 Å². The van der Waals surface area contributed by atoms with Gasteiger partial charge in [0.1, 0.15) is 5.57 Å². The molecule has 0 saturated carbocycles. The van der Waals surface area contributed by atoms with E-state index in [0.717, 1.165) is 13.8 Å². The van der Waals surface area contributed by atoms with Crippen LogP contribution in [0.3, 0.4) is 0 Å². The molecule has 0 aliphatic heterocycles. The van der Waals surface area contributed by atoms with Gasteiger partial charge in [0.2, 0.25) is 0 Å². The van der Waals surface area contributed by atoms with Crippen LogP contribution in [-0.4, -0.2) is 78.8 Å². The monoisotopic (exact) mass is 572 g/mol. The van der Waals surface area contributed by atoms with Gasteiger partial charge >= 0.3 is 41.2 Å². The third-order valence-corrected chi connectivity index (χ3v) is 5.39. The Hall–Kier alpha value is -2.15. The van der Waals surface area contributed by atoms with E-state index in [9.17, 15) is 66.5 Å². The number of likely N-dealkylation sites (N-methyl/N-ethyl adjacent to an activating group) is 1. The minimum atomic E-state index is -6.83. The fourth-order valence-electron chi connectivity index (χ4n) is 2.42. The Morgan fingerprint density at radius 1 is 0.917 bits per heavy atom. The molecule has 0 heterocycles. The van der Waals surface area contributed by atoms with Crippen LogP contribution in [0.25, 0.3) is 0 Å². The molecule has 0 spiro atoms. The summed E-state index contributed by atoms with van der Waals surface area (Å²) in [6.07, 6.45) is -16.0. The minimum Gasteiger partial charge on any atom is -0.743 e. The number of amides is 1. The van der Waals surface area contributed by atoms with E-state index in [4.69, 9.17) is 0 Å². The average molecular weight is 572 g/mol. The van der Waals surface area contributed by atoms with Crippen LogP contribution in [0.2, 0.25) is 0 Å². The number of esters is 1. The van der Waals surface area contributed by atoms with Gasteiger partial charge in [-0.2, -0.15) is 43.9 Å². The molecular formula is C17H20F10NO7S-. The molecule has 1 unspecified atom stereocenters. The Labute approximate surface area is 197 Å². The van der Waals surface area contributed by atoms with Gasteiger partial charge in [-0.25, -0.2) is 13.2 Å². The summed E-state index contributed by atoms with van der Waals surface area (Å²) in [5, 5.41) is -6.07. The average Bonchev–Trinajstić information content (AvgIpc) is 2.69. The fraction of sp³-hybridized carbons (Fsp3) is 0.765.